The molecule has 1 amide bonds. The molecule has 0 bridgehead atoms. The van der Waals surface area contributed by atoms with Gasteiger partial charge in [0.2, 0.25) is 5.91 Å². The molecule has 4 aliphatic rings. The Morgan fingerprint density at radius 1 is 0.851 bits per heavy atom. The highest BCUT2D eigenvalue weighted by Crippen LogP contribution is 2.68. The number of nitrogens with one attached hydrogen (secondary N) is 1. The fraction of sp³-hybridized carbons (Fsp3) is 0.923. The third-order valence-corrected chi connectivity index (χ3v) is 13.8. The maximum absolute atomic E-state index is 12.8. The maximum atomic E-state index is 12.8. The Hall–Kier alpha value is -1.83. The third kappa shape index (κ3) is 9.66. The lowest BCUT2D eigenvalue weighted by Gasteiger charge is -2.61. The first-order valence-electron chi connectivity index (χ1n) is 19.6. The van der Waals surface area contributed by atoms with Crippen LogP contribution in [0.15, 0.2) is 4.99 Å². The fourth-order valence-electron chi connectivity index (χ4n) is 11.2. The molecule has 10 unspecified atom stereocenters. The molecule has 0 heterocycles. The van der Waals surface area contributed by atoms with Gasteiger partial charge >= 0.3 is 5.97 Å². The van der Waals surface area contributed by atoms with Gasteiger partial charge in [0.25, 0.3) is 0 Å². The summed E-state index contributed by atoms with van der Waals surface area (Å²) in [4.78, 5) is 28.9. The Kier molecular flexibility index (Phi) is 13.9. The molecule has 47 heavy (non-hydrogen) atoms. The Morgan fingerprint density at radius 3 is 2.34 bits per heavy atom. The second kappa shape index (κ2) is 17.2. The number of aliphatic imine (C=N–C) groups is 1. The number of unbranched alkanes of at least 4 members (excludes halogenated alkanes) is 2. The number of hydrogen-bond donors (Lipinski definition) is 4. The number of fused-ring (bicyclic) bond motifs is 5. The van der Waals surface area contributed by atoms with E-state index in [4.69, 9.17) is 21.9 Å². The van der Waals surface area contributed by atoms with E-state index in [0.29, 0.717) is 49.1 Å². The zero-order chi connectivity index (χ0) is 34.2. The van der Waals surface area contributed by atoms with Crippen LogP contribution in [0.1, 0.15) is 150 Å². The zero-order valence-electron chi connectivity index (χ0n) is 30.7. The fourth-order valence-corrected chi connectivity index (χ4v) is 11.2. The minimum absolute atomic E-state index is 0.0490. The molecule has 0 aliphatic heterocycles. The number of rotatable bonds is 17. The van der Waals surface area contributed by atoms with Gasteiger partial charge in [0.15, 0.2) is 5.96 Å². The second-order valence-electron chi connectivity index (χ2n) is 17.2. The molecule has 0 aromatic rings. The van der Waals surface area contributed by atoms with E-state index < -0.39 is 6.04 Å². The summed E-state index contributed by atoms with van der Waals surface area (Å²) in [6.45, 7) is 13.7. The summed E-state index contributed by atoms with van der Waals surface area (Å²) in [6.07, 6.45) is 20.2. The highest BCUT2D eigenvalue weighted by atomic mass is 16.5. The largest absolute Gasteiger partial charge is 0.462 e. The number of amides is 1. The van der Waals surface area contributed by atoms with Crippen LogP contribution in [0, 0.1) is 52.3 Å². The molecule has 4 rings (SSSR count). The lowest BCUT2D eigenvalue weighted by Crippen LogP contribution is -2.54. The Bertz CT molecular complexity index is 1050. The summed E-state index contributed by atoms with van der Waals surface area (Å²) in [5.74, 6) is 5.81. The van der Waals surface area contributed by atoms with Crippen LogP contribution < -0.4 is 22.5 Å². The summed E-state index contributed by atoms with van der Waals surface area (Å²) in [5, 5.41) is 2.90. The topological polar surface area (TPSA) is 146 Å². The van der Waals surface area contributed by atoms with Crippen LogP contribution in [-0.2, 0) is 14.3 Å². The summed E-state index contributed by atoms with van der Waals surface area (Å²) in [7, 11) is 0. The molecule has 4 fully saturated rings. The average molecular weight is 658 g/mol. The van der Waals surface area contributed by atoms with Gasteiger partial charge in [-0.05, 0) is 136 Å². The molecule has 4 saturated carbocycles. The smallest absolute Gasteiger partial charge is 0.306 e. The van der Waals surface area contributed by atoms with E-state index in [-0.39, 0.29) is 23.9 Å². The van der Waals surface area contributed by atoms with Crippen LogP contribution >= 0.6 is 0 Å². The molecule has 270 valence electrons. The monoisotopic (exact) mass is 658 g/mol. The van der Waals surface area contributed by atoms with Crippen LogP contribution in [-0.4, -0.2) is 43.1 Å². The second-order valence-corrected chi connectivity index (χ2v) is 17.2. The Labute approximate surface area is 286 Å². The molecule has 0 aromatic carbocycles. The van der Waals surface area contributed by atoms with Crippen LogP contribution in [0.5, 0.6) is 0 Å². The van der Waals surface area contributed by atoms with Crippen LogP contribution in [0.4, 0.5) is 0 Å². The predicted octanol–water partition coefficient (Wildman–Crippen LogP) is 7.08. The van der Waals surface area contributed by atoms with E-state index in [1.165, 1.54) is 64.2 Å². The van der Waals surface area contributed by atoms with Crippen molar-refractivity contribution in [2.24, 2.45) is 74.4 Å². The zero-order valence-corrected chi connectivity index (χ0v) is 30.7. The molecule has 0 aromatic heterocycles. The molecule has 0 saturated heterocycles. The van der Waals surface area contributed by atoms with E-state index in [2.05, 4.69) is 44.9 Å². The number of esters is 1. The SMILES string of the molecule is CC(C)CCCC(C)C1CCC2C3CCC4CC(OC(=O)CCCCCNC(=O)C(N)CCCN=C(N)N)CCC4(C)C3CCC12C. The Morgan fingerprint density at radius 2 is 1.60 bits per heavy atom. The van der Waals surface area contributed by atoms with Crippen LogP contribution in [0.3, 0.4) is 0 Å². The highest BCUT2D eigenvalue weighted by molar-refractivity contribution is 5.81. The van der Waals surface area contributed by atoms with E-state index in [1.807, 2.05) is 0 Å². The van der Waals surface area contributed by atoms with Gasteiger partial charge in [0.1, 0.15) is 6.10 Å². The maximum Gasteiger partial charge on any atom is 0.306 e. The molecular weight excluding hydrogens is 586 g/mol. The van der Waals surface area contributed by atoms with E-state index >= 15 is 0 Å². The normalized spacial score (nSPS) is 34.4. The van der Waals surface area contributed by atoms with Gasteiger partial charge in [-0.25, -0.2) is 0 Å². The van der Waals surface area contributed by atoms with Crippen molar-refractivity contribution >= 4 is 17.8 Å². The number of carbonyl (C=O) groups excluding carboxylic acids is 2. The van der Waals surface area contributed by atoms with E-state index in [1.54, 1.807) is 0 Å². The number of nitrogens with zero attached hydrogens (tertiary/aromatic N) is 1. The lowest BCUT2D eigenvalue weighted by molar-refractivity contribution is -0.162. The molecule has 0 spiro atoms. The van der Waals surface area contributed by atoms with E-state index in [0.717, 1.165) is 67.6 Å². The van der Waals surface area contributed by atoms with Crippen molar-refractivity contribution in [1.29, 1.82) is 0 Å². The average Bonchev–Trinajstić information content (AvgIpc) is 3.38. The molecule has 4 aliphatic carbocycles. The molecular formula is C39H71N5O3. The summed E-state index contributed by atoms with van der Waals surface area (Å²) < 4.78 is 6.08. The van der Waals surface area contributed by atoms with Crippen molar-refractivity contribution in [2.45, 2.75) is 162 Å². The van der Waals surface area contributed by atoms with Crippen molar-refractivity contribution in [3.8, 4) is 0 Å². The standard InChI is InChI=1S/C39H71N5O3/c1-26(2)11-9-12-27(3)31-17-18-32-30-16-15-28-25-29(19-21-38(28,4)33(30)20-22-39(31,32)5)47-35(45)14-7-6-8-23-43-36(46)34(40)13-10-24-44-37(41)42/h26-34H,6-25,40H2,1-5H3,(H,43,46)(H4,41,42,44). The van der Waals surface area contributed by atoms with Crippen molar-refractivity contribution in [3.63, 3.8) is 0 Å². The van der Waals surface area contributed by atoms with E-state index in [9.17, 15) is 9.59 Å². The van der Waals surface area contributed by atoms with Crippen molar-refractivity contribution in [1.82, 2.24) is 5.32 Å². The van der Waals surface area contributed by atoms with Gasteiger partial charge < -0.3 is 27.3 Å². The lowest BCUT2D eigenvalue weighted by atomic mass is 9.44. The molecule has 8 nitrogen and oxygen atoms in total. The van der Waals surface area contributed by atoms with Gasteiger partial charge in [0, 0.05) is 19.5 Å². The third-order valence-electron chi connectivity index (χ3n) is 13.8. The van der Waals surface area contributed by atoms with Gasteiger partial charge in [-0.15, -0.1) is 0 Å². The number of nitrogens with two attached hydrogens (primary N) is 3. The van der Waals surface area contributed by atoms with Gasteiger partial charge in [0.05, 0.1) is 6.04 Å². The van der Waals surface area contributed by atoms with Crippen LogP contribution in [0.2, 0.25) is 0 Å². The first-order valence-corrected chi connectivity index (χ1v) is 19.6. The van der Waals surface area contributed by atoms with Crippen molar-refractivity contribution < 1.29 is 14.3 Å². The predicted molar refractivity (Wildman–Crippen MR) is 192 cm³/mol. The van der Waals surface area contributed by atoms with Crippen LogP contribution in [0.25, 0.3) is 0 Å². The number of guanidine groups is 1. The summed E-state index contributed by atoms with van der Waals surface area (Å²) in [5.41, 5.74) is 17.5. The molecule has 0 radical (unpaired) electrons. The quantitative estimate of drug-likeness (QED) is 0.0569. The molecule has 8 heteroatoms. The number of ether oxygens (including phenoxy) is 1. The molecule has 10 atom stereocenters. The van der Waals surface area contributed by atoms with Crippen molar-refractivity contribution in [3.05, 3.63) is 0 Å². The Balaban J connectivity index is 1.14. The summed E-state index contributed by atoms with van der Waals surface area (Å²) in [6, 6.07) is -0.557. The first-order chi connectivity index (χ1) is 22.3. The minimum Gasteiger partial charge on any atom is -0.462 e. The summed E-state index contributed by atoms with van der Waals surface area (Å²) >= 11 is 0. The van der Waals surface area contributed by atoms with Crippen molar-refractivity contribution in [2.75, 3.05) is 13.1 Å². The highest BCUT2D eigenvalue weighted by Gasteiger charge is 2.60. The molecule has 7 N–H and O–H groups in total. The number of hydrogen-bond acceptors (Lipinski definition) is 5. The minimum atomic E-state index is -0.557. The first kappa shape index (κ1) is 38.0. The van der Waals surface area contributed by atoms with Gasteiger partial charge in [-0.3, -0.25) is 14.6 Å². The van der Waals surface area contributed by atoms with Gasteiger partial charge in [-0.2, -0.15) is 0 Å². The van der Waals surface area contributed by atoms with Gasteiger partial charge in [-0.1, -0.05) is 60.3 Å². The number of carbonyl (C=O) groups is 2.